The van der Waals surface area contributed by atoms with E-state index in [0.29, 0.717) is 0 Å². The number of hydrogen-bond acceptors (Lipinski definition) is 2. The van der Waals surface area contributed by atoms with Gasteiger partial charge in [0.05, 0.1) is 0 Å². The maximum atomic E-state index is 8.36. The predicted molar refractivity (Wildman–Crippen MR) is 31.8 cm³/mol. The van der Waals surface area contributed by atoms with Crippen LogP contribution in [0.25, 0.3) is 0 Å². The maximum absolute atomic E-state index is 8.36. The summed E-state index contributed by atoms with van der Waals surface area (Å²) in [6.45, 7) is -0.500. The molecule has 10 N–H and O–H groups in total. The molecule has 0 saturated heterocycles. The van der Waals surface area contributed by atoms with E-state index in [1.165, 1.54) is 0 Å². The minimum Gasteiger partial charge on any atom is -0.483 e. The molecule has 0 heterocycles. The SMILES string of the molecule is O.O.O.O.O=CO.O=CO.[Cu]. The van der Waals surface area contributed by atoms with Crippen LogP contribution in [0.4, 0.5) is 0 Å². The van der Waals surface area contributed by atoms with Crippen LogP contribution >= 0.6 is 0 Å². The predicted octanol–water partition coefficient (Wildman–Crippen LogP) is -3.90. The fourth-order valence-electron chi connectivity index (χ4n) is 0. The second-order valence-electron chi connectivity index (χ2n) is 0.211. The topological polar surface area (TPSA) is 201 Å². The van der Waals surface area contributed by atoms with E-state index in [1.807, 2.05) is 0 Å². The van der Waals surface area contributed by atoms with Gasteiger partial charge in [-0.3, -0.25) is 9.59 Å². The van der Waals surface area contributed by atoms with Gasteiger partial charge >= 0.3 is 0 Å². The van der Waals surface area contributed by atoms with Crippen LogP contribution in [0.3, 0.4) is 0 Å². The van der Waals surface area contributed by atoms with E-state index in [0.717, 1.165) is 0 Å². The molecule has 0 bridgehead atoms. The Bertz CT molecular complexity index is 33.1. The number of rotatable bonds is 0. The zero-order valence-electron chi connectivity index (χ0n) is 5.17. The summed E-state index contributed by atoms with van der Waals surface area (Å²) in [7, 11) is 0. The Morgan fingerprint density at radius 2 is 0.727 bits per heavy atom. The van der Waals surface area contributed by atoms with Crippen molar-refractivity contribution < 1.29 is 58.8 Å². The van der Waals surface area contributed by atoms with E-state index < -0.39 is 0 Å². The third kappa shape index (κ3) is 1010. The third-order valence-corrected chi connectivity index (χ3v) is 0. The van der Waals surface area contributed by atoms with E-state index in [9.17, 15) is 0 Å². The second kappa shape index (κ2) is 379. The van der Waals surface area contributed by atoms with Crippen LogP contribution in [0, 0.1) is 0 Å². The summed E-state index contributed by atoms with van der Waals surface area (Å²) in [5.41, 5.74) is 0. The molecule has 0 atom stereocenters. The van der Waals surface area contributed by atoms with Crippen LogP contribution in [-0.4, -0.2) is 45.1 Å². The van der Waals surface area contributed by atoms with E-state index in [2.05, 4.69) is 0 Å². The van der Waals surface area contributed by atoms with Gasteiger partial charge in [-0.25, -0.2) is 0 Å². The molecule has 1 radical (unpaired) electrons. The van der Waals surface area contributed by atoms with Crippen molar-refractivity contribution in [3.63, 3.8) is 0 Å². The molecule has 0 saturated carbocycles. The Kier molecular flexibility index (Phi) is 2820. The maximum Gasteiger partial charge on any atom is 0.290 e. The Balaban J connectivity index is -0.00000000400. The third-order valence-electron chi connectivity index (χ3n) is 0. The summed E-state index contributed by atoms with van der Waals surface area (Å²) in [6, 6.07) is 0. The molecule has 11 heavy (non-hydrogen) atoms. The first kappa shape index (κ1) is 81.8. The summed E-state index contributed by atoms with van der Waals surface area (Å²) < 4.78 is 0. The Morgan fingerprint density at radius 3 is 0.727 bits per heavy atom. The van der Waals surface area contributed by atoms with Crippen molar-refractivity contribution in [2.45, 2.75) is 0 Å². The largest absolute Gasteiger partial charge is 0.483 e. The summed E-state index contributed by atoms with van der Waals surface area (Å²) in [5, 5.41) is 13.8. The molecule has 9 heteroatoms. The average molecular weight is 228 g/mol. The number of hydrogen-bond donors (Lipinski definition) is 2. The van der Waals surface area contributed by atoms with Crippen LogP contribution in [0.1, 0.15) is 0 Å². The van der Waals surface area contributed by atoms with Crippen LogP contribution < -0.4 is 0 Å². The Labute approximate surface area is 72.5 Å². The zero-order valence-corrected chi connectivity index (χ0v) is 6.11. The first-order valence-electron chi connectivity index (χ1n) is 0.988. The van der Waals surface area contributed by atoms with Gasteiger partial charge in [0, 0.05) is 17.1 Å². The molecule has 0 aliphatic heterocycles. The van der Waals surface area contributed by atoms with E-state index in [-0.39, 0.29) is 51.9 Å². The zero-order chi connectivity index (χ0) is 5.41. The standard InChI is InChI=1S/2CH2O2.Cu.4H2O/c2*2-1-3;;;;;/h2*1H,(H,2,3);;4*1H2. The van der Waals surface area contributed by atoms with Gasteiger partial charge in [-0.15, -0.1) is 0 Å². The van der Waals surface area contributed by atoms with Crippen molar-refractivity contribution in [3.05, 3.63) is 0 Å². The molecule has 0 amide bonds. The number of carbonyl (C=O) groups is 2. The molecule has 0 fully saturated rings. The molecule has 0 unspecified atom stereocenters. The average Bonchev–Trinajstić information content (AvgIpc) is 1.39. The molecule has 8 nitrogen and oxygen atoms in total. The fraction of sp³-hybridized carbons (Fsp3) is 0. The first-order valence-corrected chi connectivity index (χ1v) is 0.988. The summed E-state index contributed by atoms with van der Waals surface area (Å²) in [5.74, 6) is 0. The van der Waals surface area contributed by atoms with Crippen LogP contribution in [-0.2, 0) is 26.7 Å². The van der Waals surface area contributed by atoms with Gasteiger partial charge in [0.1, 0.15) is 0 Å². The molecule has 0 spiro atoms. The van der Waals surface area contributed by atoms with Gasteiger partial charge in [-0.2, -0.15) is 0 Å². The molecular weight excluding hydrogens is 216 g/mol. The van der Waals surface area contributed by atoms with Crippen molar-refractivity contribution in [2.24, 2.45) is 0 Å². The van der Waals surface area contributed by atoms with Gasteiger partial charge in [0.2, 0.25) is 0 Å². The van der Waals surface area contributed by atoms with Crippen LogP contribution in [0.2, 0.25) is 0 Å². The monoisotopic (exact) mass is 227 g/mol. The minimum atomic E-state index is -0.250. The van der Waals surface area contributed by atoms with Gasteiger partial charge in [-0.05, 0) is 0 Å². The van der Waals surface area contributed by atoms with Crippen molar-refractivity contribution >= 4 is 12.9 Å². The minimum absolute atomic E-state index is 0. The van der Waals surface area contributed by atoms with Gasteiger partial charge < -0.3 is 32.1 Å². The molecule has 0 aromatic rings. The second-order valence-corrected chi connectivity index (χ2v) is 0.211. The Morgan fingerprint density at radius 1 is 0.727 bits per heavy atom. The van der Waals surface area contributed by atoms with Crippen molar-refractivity contribution in [3.8, 4) is 0 Å². The molecule has 0 aliphatic rings. The van der Waals surface area contributed by atoms with Crippen molar-refractivity contribution in [2.75, 3.05) is 0 Å². The van der Waals surface area contributed by atoms with Gasteiger partial charge in [0.15, 0.2) is 0 Å². The van der Waals surface area contributed by atoms with E-state index >= 15 is 0 Å². The number of carboxylic acid groups (broad SMARTS) is 2. The molecule has 0 aromatic carbocycles. The summed E-state index contributed by atoms with van der Waals surface area (Å²) in [6.07, 6.45) is 0. The van der Waals surface area contributed by atoms with Gasteiger partial charge in [-0.1, -0.05) is 0 Å². The van der Waals surface area contributed by atoms with E-state index in [4.69, 9.17) is 19.8 Å². The molecule has 0 aliphatic carbocycles. The molecule has 79 valence electrons. The molecule has 0 rings (SSSR count). The van der Waals surface area contributed by atoms with Crippen molar-refractivity contribution in [1.29, 1.82) is 0 Å². The first-order chi connectivity index (χ1) is 2.83. The molecule has 0 aromatic heterocycles. The quantitative estimate of drug-likeness (QED) is 0.315. The van der Waals surface area contributed by atoms with Gasteiger partial charge in [0.25, 0.3) is 12.9 Å². The van der Waals surface area contributed by atoms with Crippen LogP contribution in [0.15, 0.2) is 0 Å². The molecular formula is C2H12CuO8. The van der Waals surface area contributed by atoms with Crippen LogP contribution in [0.5, 0.6) is 0 Å². The van der Waals surface area contributed by atoms with E-state index in [1.54, 1.807) is 0 Å². The van der Waals surface area contributed by atoms with Crippen molar-refractivity contribution in [1.82, 2.24) is 0 Å². The smallest absolute Gasteiger partial charge is 0.290 e. The summed E-state index contributed by atoms with van der Waals surface area (Å²) >= 11 is 0. The Hall–Kier alpha value is -0.701. The normalized spacial score (nSPS) is 2.18. The fourth-order valence-corrected chi connectivity index (χ4v) is 0. The summed E-state index contributed by atoms with van der Waals surface area (Å²) in [4.78, 5) is 16.7.